The first-order valence-electron chi connectivity index (χ1n) is 5.79. The van der Waals surface area contributed by atoms with E-state index in [1.807, 2.05) is 6.07 Å². The molecule has 0 aliphatic carbocycles. The first-order chi connectivity index (χ1) is 9.50. The third-order valence-electron chi connectivity index (χ3n) is 2.62. The van der Waals surface area contributed by atoms with Crippen LogP contribution in [0, 0.1) is 0 Å². The fourth-order valence-electron chi connectivity index (χ4n) is 1.57. The molecule has 2 aromatic heterocycles. The Balaban J connectivity index is 2.04. The summed E-state index contributed by atoms with van der Waals surface area (Å²) < 4.78 is 37.2. The van der Waals surface area contributed by atoms with Crippen molar-refractivity contribution < 1.29 is 13.2 Å². The van der Waals surface area contributed by atoms with E-state index in [2.05, 4.69) is 9.97 Å². The fourth-order valence-corrected chi connectivity index (χ4v) is 2.43. The highest BCUT2D eigenvalue weighted by Gasteiger charge is 2.30. The van der Waals surface area contributed by atoms with Gasteiger partial charge in [-0.05, 0) is 23.8 Å². The number of nitrogens with two attached hydrogens (primary N) is 1. The number of halogens is 3. The molecule has 0 unspecified atom stereocenters. The van der Waals surface area contributed by atoms with E-state index < -0.39 is 11.7 Å². The molecule has 106 valence electrons. The van der Waals surface area contributed by atoms with Gasteiger partial charge in [-0.1, -0.05) is 6.07 Å². The third kappa shape index (κ3) is 3.71. The van der Waals surface area contributed by atoms with Gasteiger partial charge in [-0.3, -0.25) is 4.98 Å². The maximum atomic E-state index is 12.4. The second kappa shape index (κ2) is 6.23. The highest BCUT2D eigenvalue weighted by Crippen LogP contribution is 2.30. The minimum atomic E-state index is -4.35. The van der Waals surface area contributed by atoms with Crippen molar-refractivity contribution in [2.75, 3.05) is 0 Å². The summed E-state index contributed by atoms with van der Waals surface area (Å²) in [7, 11) is 0. The average Bonchev–Trinajstić information content (AvgIpc) is 2.45. The first kappa shape index (κ1) is 14.8. The van der Waals surface area contributed by atoms with E-state index in [1.165, 1.54) is 17.8 Å². The molecule has 0 atom stereocenters. The van der Waals surface area contributed by atoms with E-state index >= 15 is 0 Å². The number of hydrogen-bond donors (Lipinski definition) is 1. The van der Waals surface area contributed by atoms with Gasteiger partial charge < -0.3 is 5.73 Å². The van der Waals surface area contributed by atoms with E-state index in [1.54, 1.807) is 12.3 Å². The van der Waals surface area contributed by atoms with Gasteiger partial charge in [-0.15, -0.1) is 11.8 Å². The summed E-state index contributed by atoms with van der Waals surface area (Å²) in [5.41, 5.74) is 6.57. The zero-order chi connectivity index (χ0) is 14.6. The molecule has 2 N–H and O–H groups in total. The van der Waals surface area contributed by atoms with Crippen molar-refractivity contribution in [2.24, 2.45) is 5.73 Å². The molecular formula is C13H12F3N3S. The average molecular weight is 299 g/mol. The SMILES string of the molecule is NCc1ncccc1CSc1ccc(C(F)(F)F)cn1. The minimum Gasteiger partial charge on any atom is -0.325 e. The summed E-state index contributed by atoms with van der Waals surface area (Å²) in [5.74, 6) is 0.568. The molecule has 0 aliphatic rings. The summed E-state index contributed by atoms with van der Waals surface area (Å²) in [4.78, 5) is 7.96. The van der Waals surface area contributed by atoms with Gasteiger partial charge in [0.15, 0.2) is 0 Å². The van der Waals surface area contributed by atoms with Crippen molar-refractivity contribution in [1.82, 2.24) is 9.97 Å². The van der Waals surface area contributed by atoms with Crippen LogP contribution in [0.3, 0.4) is 0 Å². The van der Waals surface area contributed by atoms with Gasteiger partial charge in [-0.2, -0.15) is 13.2 Å². The summed E-state index contributed by atoms with van der Waals surface area (Å²) in [6.45, 7) is 0.331. The van der Waals surface area contributed by atoms with Crippen molar-refractivity contribution >= 4 is 11.8 Å². The van der Waals surface area contributed by atoms with E-state index in [4.69, 9.17) is 5.73 Å². The van der Waals surface area contributed by atoms with Crippen LogP contribution in [0.5, 0.6) is 0 Å². The third-order valence-corrected chi connectivity index (χ3v) is 3.61. The molecular weight excluding hydrogens is 287 g/mol. The topological polar surface area (TPSA) is 51.8 Å². The molecule has 7 heteroatoms. The Hall–Kier alpha value is -1.60. The smallest absolute Gasteiger partial charge is 0.325 e. The fraction of sp³-hybridized carbons (Fsp3) is 0.231. The standard InChI is InChI=1S/C13H12F3N3S/c14-13(15,16)10-3-4-12(19-7-10)20-8-9-2-1-5-18-11(9)6-17/h1-5,7H,6,8,17H2. The van der Waals surface area contributed by atoms with E-state index in [0.29, 0.717) is 17.3 Å². The Kier molecular flexibility index (Phi) is 4.61. The number of rotatable bonds is 4. The summed E-state index contributed by atoms with van der Waals surface area (Å²) in [6, 6.07) is 6.09. The molecule has 2 aromatic rings. The predicted octanol–water partition coefficient (Wildman–Crippen LogP) is 3.25. The number of pyridine rings is 2. The lowest BCUT2D eigenvalue weighted by atomic mass is 10.2. The van der Waals surface area contributed by atoms with Crippen molar-refractivity contribution in [3.8, 4) is 0 Å². The second-order valence-electron chi connectivity index (χ2n) is 3.98. The minimum absolute atomic E-state index is 0.331. The maximum Gasteiger partial charge on any atom is 0.417 e. The van der Waals surface area contributed by atoms with Gasteiger partial charge >= 0.3 is 6.18 Å². The van der Waals surface area contributed by atoms with Gasteiger partial charge in [-0.25, -0.2) is 4.98 Å². The number of alkyl halides is 3. The summed E-state index contributed by atoms with van der Waals surface area (Å²) in [6.07, 6.45) is -1.85. The lowest BCUT2D eigenvalue weighted by Gasteiger charge is -2.08. The molecule has 0 fully saturated rings. The molecule has 0 aliphatic heterocycles. The van der Waals surface area contributed by atoms with Crippen LogP contribution in [0.4, 0.5) is 13.2 Å². The molecule has 0 saturated carbocycles. The van der Waals surface area contributed by atoms with Gasteiger partial charge in [0.05, 0.1) is 16.3 Å². The predicted molar refractivity (Wildman–Crippen MR) is 70.9 cm³/mol. The van der Waals surface area contributed by atoms with Crippen molar-refractivity contribution in [3.63, 3.8) is 0 Å². The Morgan fingerprint density at radius 2 is 1.95 bits per heavy atom. The van der Waals surface area contributed by atoms with E-state index in [-0.39, 0.29) is 0 Å². The molecule has 0 saturated heterocycles. The van der Waals surface area contributed by atoms with Crippen LogP contribution in [-0.2, 0) is 18.5 Å². The number of aromatic nitrogens is 2. The zero-order valence-electron chi connectivity index (χ0n) is 10.4. The van der Waals surface area contributed by atoms with Gasteiger partial charge in [0.1, 0.15) is 0 Å². The molecule has 20 heavy (non-hydrogen) atoms. The van der Waals surface area contributed by atoms with Crippen molar-refractivity contribution in [3.05, 3.63) is 53.5 Å². The van der Waals surface area contributed by atoms with Crippen molar-refractivity contribution in [1.29, 1.82) is 0 Å². The molecule has 0 amide bonds. The van der Waals surface area contributed by atoms with Crippen LogP contribution in [-0.4, -0.2) is 9.97 Å². The summed E-state index contributed by atoms with van der Waals surface area (Å²) in [5, 5.41) is 0.532. The lowest BCUT2D eigenvalue weighted by Crippen LogP contribution is -2.05. The zero-order valence-corrected chi connectivity index (χ0v) is 11.2. The highest BCUT2D eigenvalue weighted by molar-refractivity contribution is 7.98. The van der Waals surface area contributed by atoms with Gasteiger partial charge in [0.25, 0.3) is 0 Å². The van der Waals surface area contributed by atoms with Crippen LogP contribution in [0.1, 0.15) is 16.8 Å². The second-order valence-corrected chi connectivity index (χ2v) is 4.98. The van der Waals surface area contributed by atoms with Crippen molar-refractivity contribution in [2.45, 2.75) is 23.5 Å². The van der Waals surface area contributed by atoms with Gasteiger partial charge in [0.2, 0.25) is 0 Å². The Morgan fingerprint density at radius 1 is 1.15 bits per heavy atom. The Labute approximate surface area is 118 Å². The van der Waals surface area contributed by atoms with Crippen LogP contribution in [0.15, 0.2) is 41.7 Å². The van der Waals surface area contributed by atoms with Crippen LogP contribution in [0.25, 0.3) is 0 Å². The van der Waals surface area contributed by atoms with Gasteiger partial charge in [0, 0.05) is 24.7 Å². The van der Waals surface area contributed by atoms with Crippen LogP contribution >= 0.6 is 11.8 Å². The first-order valence-corrected chi connectivity index (χ1v) is 6.78. The molecule has 2 heterocycles. The number of hydrogen-bond acceptors (Lipinski definition) is 4. The molecule has 0 bridgehead atoms. The Bertz CT molecular complexity index is 570. The molecule has 2 rings (SSSR count). The highest BCUT2D eigenvalue weighted by atomic mass is 32.2. The Morgan fingerprint density at radius 3 is 2.55 bits per heavy atom. The molecule has 3 nitrogen and oxygen atoms in total. The molecule has 0 spiro atoms. The molecule has 0 aromatic carbocycles. The largest absolute Gasteiger partial charge is 0.417 e. The number of nitrogens with zero attached hydrogens (tertiary/aromatic N) is 2. The summed E-state index contributed by atoms with van der Waals surface area (Å²) >= 11 is 1.35. The normalized spacial score (nSPS) is 11.6. The van der Waals surface area contributed by atoms with E-state index in [0.717, 1.165) is 23.5 Å². The van der Waals surface area contributed by atoms with Crippen LogP contribution < -0.4 is 5.73 Å². The van der Waals surface area contributed by atoms with E-state index in [9.17, 15) is 13.2 Å². The quantitative estimate of drug-likeness (QED) is 0.881. The molecule has 0 radical (unpaired) electrons. The lowest BCUT2D eigenvalue weighted by molar-refractivity contribution is -0.137. The monoisotopic (exact) mass is 299 g/mol. The number of thioether (sulfide) groups is 1. The maximum absolute atomic E-state index is 12.4. The van der Waals surface area contributed by atoms with Crippen LogP contribution in [0.2, 0.25) is 0 Å².